The van der Waals surface area contributed by atoms with Crippen LogP contribution in [0.2, 0.25) is 0 Å². The van der Waals surface area contributed by atoms with Gasteiger partial charge < -0.3 is 19.7 Å². The second-order valence-corrected chi connectivity index (χ2v) is 11.0. The third-order valence-electron chi connectivity index (χ3n) is 8.99. The summed E-state index contributed by atoms with van der Waals surface area (Å²) in [6, 6.07) is 15.4. The second kappa shape index (κ2) is 9.89. The average molecular weight is 491 g/mol. The Morgan fingerprint density at radius 1 is 0.917 bits per heavy atom. The lowest BCUT2D eigenvalue weighted by atomic mass is 9.70. The van der Waals surface area contributed by atoms with Crippen molar-refractivity contribution in [2.45, 2.75) is 69.4 Å². The van der Waals surface area contributed by atoms with Crippen LogP contribution in [0.1, 0.15) is 79.4 Å². The molecule has 1 saturated heterocycles. The molecule has 2 aromatic carbocycles. The molecule has 0 bridgehead atoms. The van der Waals surface area contributed by atoms with Gasteiger partial charge in [-0.2, -0.15) is 0 Å². The zero-order chi connectivity index (χ0) is 25.3. The Kier molecular flexibility index (Phi) is 6.82. The number of piperidine rings is 1. The molecule has 2 atom stereocenters. The first-order chi connectivity index (χ1) is 17.4. The summed E-state index contributed by atoms with van der Waals surface area (Å²) in [5, 5.41) is 3.27. The van der Waals surface area contributed by atoms with E-state index in [1.807, 2.05) is 18.2 Å². The highest BCUT2D eigenvalue weighted by atomic mass is 16.5. The van der Waals surface area contributed by atoms with Crippen LogP contribution in [0.25, 0.3) is 0 Å². The van der Waals surface area contributed by atoms with Gasteiger partial charge in [0.25, 0.3) is 5.91 Å². The number of nitrogens with zero attached hydrogens (tertiary/aromatic N) is 1. The quantitative estimate of drug-likeness (QED) is 0.639. The van der Waals surface area contributed by atoms with Crippen LogP contribution >= 0.6 is 0 Å². The van der Waals surface area contributed by atoms with E-state index in [1.54, 1.807) is 26.4 Å². The molecule has 2 aliphatic carbocycles. The fourth-order valence-corrected chi connectivity index (χ4v) is 7.01. The van der Waals surface area contributed by atoms with E-state index in [4.69, 9.17) is 9.47 Å². The first kappa shape index (κ1) is 24.8. The molecule has 2 fully saturated rings. The number of nitrogens with one attached hydrogen (secondary N) is 1. The van der Waals surface area contributed by atoms with Crippen LogP contribution in [0.4, 0.5) is 0 Å². The van der Waals surface area contributed by atoms with Gasteiger partial charge in [0.1, 0.15) is 5.75 Å². The molecule has 5 rings (SSSR count). The van der Waals surface area contributed by atoms with E-state index in [1.165, 1.54) is 12.0 Å². The highest BCUT2D eigenvalue weighted by Crippen LogP contribution is 2.52. The maximum absolute atomic E-state index is 13.5. The number of ether oxygens (including phenoxy) is 2. The smallest absolute Gasteiger partial charge is 0.255 e. The van der Waals surface area contributed by atoms with Crippen molar-refractivity contribution in [3.05, 3.63) is 65.2 Å². The van der Waals surface area contributed by atoms with Gasteiger partial charge in [-0.3, -0.25) is 9.59 Å². The molecule has 1 spiro atoms. The molecule has 1 N–H and O–H groups in total. The molecule has 6 nitrogen and oxygen atoms in total. The molecule has 192 valence electrons. The van der Waals surface area contributed by atoms with E-state index in [2.05, 4.69) is 35.3 Å². The molecule has 1 saturated carbocycles. The van der Waals surface area contributed by atoms with Crippen molar-refractivity contribution in [3.8, 4) is 5.75 Å². The lowest BCUT2D eigenvalue weighted by Gasteiger charge is -2.46. The van der Waals surface area contributed by atoms with Crippen molar-refractivity contribution in [2.24, 2.45) is 5.41 Å². The van der Waals surface area contributed by atoms with Crippen molar-refractivity contribution in [2.75, 3.05) is 27.3 Å². The van der Waals surface area contributed by atoms with Crippen LogP contribution in [0.15, 0.2) is 48.5 Å². The standard InChI is InChI=1S/C30H38N2O4/c1-29(15-9-4-10-16-29)28(34)32-19-17-30(18-20-32)23-13-7-5-11-21(23)25(26(30)36-3)31-27(33)22-12-6-8-14-24(22)35-2/h5-8,11-14,25-26H,4,9-10,15-20H2,1-3H3,(H,31,33)/t25-,26+/m1/s1. The van der Waals surface area contributed by atoms with Gasteiger partial charge in [0, 0.05) is 31.0 Å². The molecule has 1 aliphatic heterocycles. The molecule has 36 heavy (non-hydrogen) atoms. The number of rotatable bonds is 5. The summed E-state index contributed by atoms with van der Waals surface area (Å²) in [6.07, 6.45) is 6.95. The Balaban J connectivity index is 1.39. The fourth-order valence-electron chi connectivity index (χ4n) is 7.01. The summed E-state index contributed by atoms with van der Waals surface area (Å²) in [7, 11) is 3.31. The van der Waals surface area contributed by atoms with E-state index in [-0.39, 0.29) is 28.9 Å². The monoisotopic (exact) mass is 490 g/mol. The van der Waals surface area contributed by atoms with Gasteiger partial charge in [0.15, 0.2) is 0 Å². The Bertz CT molecular complexity index is 1120. The molecule has 2 aromatic rings. The SMILES string of the molecule is COc1ccccc1C(=O)N[C@@H]1c2ccccc2C2(CCN(C(=O)C3(C)CCCCC3)CC2)[C@H]1OC. The molecule has 0 unspecified atom stereocenters. The summed E-state index contributed by atoms with van der Waals surface area (Å²) in [5.41, 5.74) is 2.38. The minimum atomic E-state index is -0.276. The number of carbonyl (C=O) groups excluding carboxylic acids is 2. The second-order valence-electron chi connectivity index (χ2n) is 11.0. The largest absolute Gasteiger partial charge is 0.496 e. The van der Waals surface area contributed by atoms with Crippen LogP contribution in [0.3, 0.4) is 0 Å². The molecule has 1 heterocycles. The van der Waals surface area contributed by atoms with E-state index in [9.17, 15) is 9.59 Å². The highest BCUT2D eigenvalue weighted by molar-refractivity contribution is 5.97. The summed E-state index contributed by atoms with van der Waals surface area (Å²) in [4.78, 5) is 29.0. The Morgan fingerprint density at radius 3 is 2.28 bits per heavy atom. The van der Waals surface area contributed by atoms with E-state index < -0.39 is 0 Å². The average Bonchev–Trinajstić information content (AvgIpc) is 3.17. The molecular weight excluding hydrogens is 452 g/mol. The predicted octanol–water partition coefficient (Wildman–Crippen LogP) is 5.03. The zero-order valence-corrected chi connectivity index (χ0v) is 21.7. The number of carbonyl (C=O) groups is 2. The number of likely N-dealkylation sites (tertiary alicyclic amines) is 1. The van der Waals surface area contributed by atoms with Crippen LogP contribution in [0, 0.1) is 5.41 Å². The molecule has 0 radical (unpaired) electrons. The normalized spacial score (nSPS) is 24.2. The third kappa shape index (κ3) is 4.09. The molecule has 0 aromatic heterocycles. The Hall–Kier alpha value is -2.86. The minimum Gasteiger partial charge on any atom is -0.496 e. The zero-order valence-electron chi connectivity index (χ0n) is 21.7. The Morgan fingerprint density at radius 2 is 1.58 bits per heavy atom. The van der Waals surface area contributed by atoms with Gasteiger partial charge in [-0.05, 0) is 48.9 Å². The molecular formula is C30H38N2O4. The topological polar surface area (TPSA) is 67.9 Å². The van der Waals surface area contributed by atoms with Crippen LogP contribution in [-0.2, 0) is 14.9 Å². The van der Waals surface area contributed by atoms with Crippen LogP contribution in [-0.4, -0.2) is 50.1 Å². The van der Waals surface area contributed by atoms with Gasteiger partial charge in [-0.25, -0.2) is 0 Å². The lowest BCUT2D eigenvalue weighted by molar-refractivity contribution is -0.145. The summed E-state index contributed by atoms with van der Waals surface area (Å²) < 4.78 is 11.6. The summed E-state index contributed by atoms with van der Waals surface area (Å²) in [6.45, 7) is 3.59. The fraction of sp³-hybridized carbons (Fsp3) is 0.533. The van der Waals surface area contributed by atoms with Gasteiger partial charge in [0.2, 0.25) is 5.91 Å². The van der Waals surface area contributed by atoms with Gasteiger partial charge in [-0.1, -0.05) is 62.6 Å². The first-order valence-electron chi connectivity index (χ1n) is 13.3. The number of fused-ring (bicyclic) bond motifs is 2. The lowest BCUT2D eigenvalue weighted by Crippen LogP contribution is -2.54. The molecule has 3 aliphatic rings. The van der Waals surface area contributed by atoms with Gasteiger partial charge in [0.05, 0.1) is 24.8 Å². The van der Waals surface area contributed by atoms with E-state index in [0.717, 1.165) is 57.2 Å². The maximum atomic E-state index is 13.5. The number of benzene rings is 2. The first-order valence-corrected chi connectivity index (χ1v) is 13.3. The van der Waals surface area contributed by atoms with Gasteiger partial charge in [-0.15, -0.1) is 0 Å². The number of hydrogen-bond acceptors (Lipinski definition) is 4. The Labute approximate surface area is 214 Å². The minimum absolute atomic E-state index is 0.177. The molecule has 6 heteroatoms. The summed E-state index contributed by atoms with van der Waals surface area (Å²) in [5.74, 6) is 0.690. The number of hydrogen-bond donors (Lipinski definition) is 1. The van der Waals surface area contributed by atoms with E-state index in [0.29, 0.717) is 17.2 Å². The van der Waals surface area contributed by atoms with Crippen molar-refractivity contribution in [1.82, 2.24) is 10.2 Å². The van der Waals surface area contributed by atoms with Crippen LogP contribution in [0.5, 0.6) is 5.75 Å². The number of para-hydroxylation sites is 1. The van der Waals surface area contributed by atoms with Crippen molar-refractivity contribution in [1.29, 1.82) is 0 Å². The van der Waals surface area contributed by atoms with E-state index >= 15 is 0 Å². The third-order valence-corrected chi connectivity index (χ3v) is 8.99. The number of amides is 2. The van der Waals surface area contributed by atoms with Crippen molar-refractivity contribution in [3.63, 3.8) is 0 Å². The highest BCUT2D eigenvalue weighted by Gasteiger charge is 2.55. The molecule has 2 amide bonds. The predicted molar refractivity (Wildman–Crippen MR) is 139 cm³/mol. The number of methoxy groups -OCH3 is 2. The van der Waals surface area contributed by atoms with Crippen molar-refractivity contribution < 1.29 is 19.1 Å². The van der Waals surface area contributed by atoms with Gasteiger partial charge >= 0.3 is 0 Å². The summed E-state index contributed by atoms with van der Waals surface area (Å²) >= 11 is 0. The van der Waals surface area contributed by atoms with Crippen molar-refractivity contribution >= 4 is 11.8 Å². The maximum Gasteiger partial charge on any atom is 0.255 e. The van der Waals surface area contributed by atoms with Crippen LogP contribution < -0.4 is 10.1 Å².